The van der Waals surface area contributed by atoms with Crippen molar-refractivity contribution >= 4 is 24.1 Å². The third-order valence-electron chi connectivity index (χ3n) is 1.66. The van der Waals surface area contributed by atoms with Crippen molar-refractivity contribution in [1.29, 1.82) is 0 Å². The van der Waals surface area contributed by atoms with Crippen LogP contribution in [-0.4, -0.2) is 24.8 Å². The van der Waals surface area contributed by atoms with Crippen LogP contribution in [0.5, 0.6) is 0 Å². The molecule has 0 aromatic heterocycles. The van der Waals surface area contributed by atoms with Crippen LogP contribution in [0.15, 0.2) is 23.8 Å². The topological polar surface area (TPSA) is 72.2 Å². The van der Waals surface area contributed by atoms with Crippen molar-refractivity contribution in [3.05, 3.63) is 23.8 Å². The summed E-state index contributed by atoms with van der Waals surface area (Å²) in [5.74, 6) is -0.149. The minimum Gasteiger partial charge on any atom is -0.351 e. The van der Waals surface area contributed by atoms with E-state index in [2.05, 4.69) is 5.32 Å². The molecule has 0 bridgehead atoms. The number of halogens is 1. The Morgan fingerprint density at radius 3 is 2.71 bits per heavy atom. The number of carbonyl (C=O) groups is 2. The molecule has 78 valence electrons. The highest BCUT2D eigenvalue weighted by molar-refractivity contribution is 6.02. The highest BCUT2D eigenvalue weighted by atomic mass is 35.5. The van der Waals surface area contributed by atoms with E-state index in [1.807, 2.05) is 0 Å². The van der Waals surface area contributed by atoms with Gasteiger partial charge in [0.2, 0.25) is 0 Å². The summed E-state index contributed by atoms with van der Waals surface area (Å²) in [4.78, 5) is 22.0. The fraction of sp³-hybridized carbons (Fsp3) is 0.333. The number of rotatable bonds is 3. The van der Waals surface area contributed by atoms with Crippen LogP contribution in [-0.2, 0) is 9.59 Å². The number of allylic oxidation sites excluding steroid dienone is 2. The van der Waals surface area contributed by atoms with E-state index in [0.29, 0.717) is 25.1 Å². The van der Waals surface area contributed by atoms with Gasteiger partial charge in [0.1, 0.15) is 0 Å². The third kappa shape index (κ3) is 3.72. The van der Waals surface area contributed by atoms with Crippen LogP contribution in [0.3, 0.4) is 0 Å². The highest BCUT2D eigenvalue weighted by Crippen LogP contribution is 2.06. The van der Waals surface area contributed by atoms with Crippen molar-refractivity contribution in [2.24, 2.45) is 5.73 Å². The molecule has 1 rings (SSSR count). The molecule has 1 amide bonds. The molecule has 1 aliphatic rings. The van der Waals surface area contributed by atoms with Crippen LogP contribution in [0.25, 0.3) is 0 Å². The number of carbonyl (C=O) groups excluding carboxylic acids is 2. The first-order valence-corrected chi connectivity index (χ1v) is 4.13. The molecule has 0 aliphatic heterocycles. The Morgan fingerprint density at radius 1 is 1.50 bits per heavy atom. The quantitative estimate of drug-likeness (QED) is 0.694. The molecular weight excluding hydrogens is 204 g/mol. The molecule has 0 aromatic rings. The summed E-state index contributed by atoms with van der Waals surface area (Å²) in [5.41, 5.74) is 5.76. The Morgan fingerprint density at radius 2 is 2.21 bits per heavy atom. The normalized spacial score (nSPS) is 14.4. The van der Waals surface area contributed by atoms with E-state index < -0.39 is 0 Å². The number of nitrogens with one attached hydrogen (secondary N) is 1. The summed E-state index contributed by atoms with van der Waals surface area (Å²) in [7, 11) is 0. The van der Waals surface area contributed by atoms with Gasteiger partial charge in [-0.3, -0.25) is 9.59 Å². The van der Waals surface area contributed by atoms with E-state index >= 15 is 0 Å². The van der Waals surface area contributed by atoms with Gasteiger partial charge in [0.05, 0.1) is 0 Å². The first-order chi connectivity index (χ1) is 6.24. The van der Waals surface area contributed by atoms with Crippen molar-refractivity contribution < 1.29 is 9.59 Å². The van der Waals surface area contributed by atoms with Gasteiger partial charge in [-0.1, -0.05) is 6.08 Å². The predicted molar refractivity (Wildman–Crippen MR) is 56.2 cm³/mol. The smallest absolute Gasteiger partial charge is 0.251 e. The van der Waals surface area contributed by atoms with Gasteiger partial charge in [0.25, 0.3) is 5.91 Å². The molecule has 0 aromatic carbocycles. The molecule has 0 fully saturated rings. The summed E-state index contributed by atoms with van der Waals surface area (Å²) >= 11 is 0. The van der Waals surface area contributed by atoms with Crippen LogP contribution in [0.4, 0.5) is 0 Å². The fourth-order valence-corrected chi connectivity index (χ4v) is 0.986. The zero-order valence-corrected chi connectivity index (χ0v) is 8.47. The van der Waals surface area contributed by atoms with Crippen LogP contribution in [0, 0.1) is 0 Å². The number of hydrogen-bond acceptors (Lipinski definition) is 3. The van der Waals surface area contributed by atoms with Gasteiger partial charge in [0.15, 0.2) is 5.78 Å². The maximum atomic E-state index is 11.3. The predicted octanol–water partition coefficient (Wildman–Crippen LogP) is -0.0615. The second-order valence-corrected chi connectivity index (χ2v) is 2.71. The summed E-state index contributed by atoms with van der Waals surface area (Å²) in [6.45, 7) is 0.875. The largest absolute Gasteiger partial charge is 0.351 e. The van der Waals surface area contributed by atoms with Gasteiger partial charge in [0, 0.05) is 25.1 Å². The van der Waals surface area contributed by atoms with Crippen LogP contribution in [0.2, 0.25) is 0 Å². The van der Waals surface area contributed by atoms with Gasteiger partial charge < -0.3 is 11.1 Å². The molecule has 3 N–H and O–H groups in total. The first-order valence-electron chi connectivity index (χ1n) is 4.13. The molecule has 1 aliphatic carbocycles. The molecule has 0 atom stereocenters. The second-order valence-electron chi connectivity index (χ2n) is 2.71. The Balaban J connectivity index is 0.00000169. The maximum absolute atomic E-state index is 11.3. The molecule has 14 heavy (non-hydrogen) atoms. The highest BCUT2D eigenvalue weighted by Gasteiger charge is 2.09. The van der Waals surface area contributed by atoms with E-state index in [1.54, 1.807) is 6.08 Å². The monoisotopic (exact) mass is 216 g/mol. The molecule has 0 saturated carbocycles. The summed E-state index contributed by atoms with van der Waals surface area (Å²) in [6, 6.07) is 0. The van der Waals surface area contributed by atoms with Crippen molar-refractivity contribution in [3.63, 3.8) is 0 Å². The summed E-state index contributed by atoms with van der Waals surface area (Å²) in [6.07, 6.45) is 4.87. The minimum absolute atomic E-state index is 0. The van der Waals surface area contributed by atoms with Gasteiger partial charge in [-0.05, 0) is 12.2 Å². The molecule has 0 unspecified atom stereocenters. The van der Waals surface area contributed by atoms with Crippen molar-refractivity contribution in [3.8, 4) is 0 Å². The lowest BCUT2D eigenvalue weighted by molar-refractivity contribution is -0.117. The van der Waals surface area contributed by atoms with Gasteiger partial charge >= 0.3 is 0 Å². The standard InChI is InChI=1S/C9H12N2O2.ClH/c10-5-6-11-9(13)7-1-3-8(12)4-2-7;/h1-3H,4-6,10H2,(H,11,13);1H. The molecular formula is C9H13ClN2O2. The summed E-state index contributed by atoms with van der Waals surface area (Å²) in [5, 5.41) is 2.62. The fourth-order valence-electron chi connectivity index (χ4n) is 0.986. The van der Waals surface area contributed by atoms with Crippen molar-refractivity contribution in [1.82, 2.24) is 5.32 Å². The Labute approximate surface area is 88.6 Å². The first kappa shape index (κ1) is 12.9. The van der Waals surface area contributed by atoms with Gasteiger partial charge in [-0.2, -0.15) is 0 Å². The average Bonchev–Trinajstić information content (AvgIpc) is 2.15. The number of ketones is 1. The molecule has 4 nitrogen and oxygen atoms in total. The van der Waals surface area contributed by atoms with Gasteiger partial charge in [-0.15, -0.1) is 12.4 Å². The second kappa shape index (κ2) is 6.34. The van der Waals surface area contributed by atoms with Crippen molar-refractivity contribution in [2.75, 3.05) is 13.1 Å². The zero-order chi connectivity index (χ0) is 9.68. The molecule has 0 saturated heterocycles. The summed E-state index contributed by atoms with van der Waals surface area (Å²) < 4.78 is 0. The Kier molecular flexibility index (Phi) is 5.83. The van der Waals surface area contributed by atoms with Crippen molar-refractivity contribution in [2.45, 2.75) is 6.42 Å². The van der Waals surface area contributed by atoms with Gasteiger partial charge in [-0.25, -0.2) is 0 Å². The molecule has 0 radical (unpaired) electrons. The average molecular weight is 217 g/mol. The van der Waals surface area contributed by atoms with E-state index in [4.69, 9.17) is 5.73 Å². The van der Waals surface area contributed by atoms with E-state index in [0.717, 1.165) is 0 Å². The van der Waals surface area contributed by atoms with E-state index in [-0.39, 0.29) is 24.1 Å². The van der Waals surface area contributed by atoms with Crippen LogP contribution < -0.4 is 11.1 Å². The number of amides is 1. The van der Waals surface area contributed by atoms with Crippen LogP contribution >= 0.6 is 12.4 Å². The van der Waals surface area contributed by atoms with Crippen LogP contribution in [0.1, 0.15) is 6.42 Å². The SMILES string of the molecule is Cl.NCCNC(=O)C1=CCC(=O)C=C1. The molecule has 5 heteroatoms. The lowest BCUT2D eigenvalue weighted by atomic mass is 10.1. The number of nitrogens with two attached hydrogens (primary N) is 1. The van der Waals surface area contributed by atoms with E-state index in [9.17, 15) is 9.59 Å². The lowest BCUT2D eigenvalue weighted by Gasteiger charge is -2.06. The number of hydrogen-bond donors (Lipinski definition) is 2. The Bertz CT molecular complexity index is 285. The molecule has 0 heterocycles. The minimum atomic E-state index is -0.172. The molecule has 0 spiro atoms. The zero-order valence-electron chi connectivity index (χ0n) is 7.66. The third-order valence-corrected chi connectivity index (χ3v) is 1.66. The maximum Gasteiger partial charge on any atom is 0.251 e. The van der Waals surface area contributed by atoms with E-state index in [1.165, 1.54) is 12.2 Å². The lowest BCUT2D eigenvalue weighted by Crippen LogP contribution is -2.30. The Hall–Kier alpha value is -1.13.